The molecule has 0 heterocycles. The van der Waals surface area contributed by atoms with Crippen LogP contribution in [0.4, 0.5) is 0 Å². The van der Waals surface area contributed by atoms with Crippen LogP contribution in [-0.2, 0) is 0 Å². The van der Waals surface area contributed by atoms with Crippen LogP contribution in [-0.4, -0.2) is 36.5 Å². The molecule has 0 aliphatic heterocycles. The molecule has 0 spiro atoms. The molecule has 0 aliphatic rings. The first-order chi connectivity index (χ1) is 6.81. The van der Waals surface area contributed by atoms with Crippen LogP contribution in [0.2, 0.25) is 0 Å². The van der Waals surface area contributed by atoms with Crippen LogP contribution >= 0.6 is 43.2 Å². The molecule has 0 radical (unpaired) electrons. The molecule has 0 bridgehead atoms. The predicted molar refractivity (Wildman–Crippen MR) is 68.8 cm³/mol. The summed E-state index contributed by atoms with van der Waals surface area (Å²) >= 11 is 0. The van der Waals surface area contributed by atoms with Gasteiger partial charge in [-0.3, -0.25) is 0 Å². The Balaban J connectivity index is 3.16. The number of nitriles is 2. The minimum atomic E-state index is 0.963. The first-order valence-corrected chi connectivity index (χ1v) is 8.48. The Labute approximate surface area is 101 Å². The maximum atomic E-state index is 8.27. The molecule has 7 heteroatoms. The summed E-state index contributed by atoms with van der Waals surface area (Å²) in [4.78, 5) is 2.20. The molecule has 14 heavy (non-hydrogen) atoms. The molecule has 0 amide bonds. The van der Waals surface area contributed by atoms with Crippen molar-refractivity contribution in [3.8, 4) is 10.8 Å². The fourth-order valence-electron chi connectivity index (χ4n) is 0.634. The van der Waals surface area contributed by atoms with Gasteiger partial charge >= 0.3 is 0 Å². The van der Waals surface area contributed by atoms with E-state index < -0.39 is 0 Å². The Morgan fingerprint density at radius 3 is 1.79 bits per heavy atom. The molecule has 3 nitrogen and oxygen atoms in total. The van der Waals surface area contributed by atoms with E-state index >= 15 is 0 Å². The molecule has 0 saturated carbocycles. The lowest BCUT2D eigenvalue weighted by molar-refractivity contribution is 0.380. The molecule has 0 aromatic carbocycles. The summed E-state index contributed by atoms with van der Waals surface area (Å²) in [6.07, 6.45) is 0. The van der Waals surface area contributed by atoms with Gasteiger partial charge in [0.25, 0.3) is 0 Å². The second-order valence-electron chi connectivity index (χ2n) is 2.30. The summed E-state index contributed by atoms with van der Waals surface area (Å²) in [7, 11) is 7.65. The van der Waals surface area contributed by atoms with Crippen molar-refractivity contribution in [2.45, 2.75) is 0 Å². The van der Waals surface area contributed by atoms with E-state index in [0.717, 1.165) is 24.6 Å². The Morgan fingerprint density at radius 1 is 1.00 bits per heavy atom. The molecule has 78 valence electrons. The molecule has 0 unspecified atom stereocenters. The predicted octanol–water partition coefficient (Wildman–Crippen LogP) is 2.64. The highest BCUT2D eigenvalue weighted by atomic mass is 33.1. The van der Waals surface area contributed by atoms with E-state index in [2.05, 4.69) is 11.9 Å². The summed E-state index contributed by atoms with van der Waals surface area (Å²) in [6, 6.07) is 0. The van der Waals surface area contributed by atoms with Crippen molar-refractivity contribution in [2.24, 2.45) is 0 Å². The third-order valence-corrected chi connectivity index (χ3v) is 4.54. The van der Waals surface area contributed by atoms with Gasteiger partial charge in [0.1, 0.15) is 10.8 Å². The summed E-state index contributed by atoms with van der Waals surface area (Å²) in [5.74, 6) is 1.93. The number of hydrogen-bond donors (Lipinski definition) is 0. The van der Waals surface area contributed by atoms with Crippen LogP contribution in [0.15, 0.2) is 0 Å². The maximum absolute atomic E-state index is 8.27. The van der Waals surface area contributed by atoms with Gasteiger partial charge in [-0.15, -0.1) is 0 Å². The van der Waals surface area contributed by atoms with Crippen molar-refractivity contribution < 1.29 is 0 Å². The molecule has 0 N–H and O–H groups in total. The first kappa shape index (κ1) is 14.3. The van der Waals surface area contributed by atoms with Gasteiger partial charge in [-0.2, -0.15) is 10.5 Å². The highest BCUT2D eigenvalue weighted by Crippen LogP contribution is 2.20. The lowest BCUT2D eigenvalue weighted by Gasteiger charge is -2.14. The Bertz CT molecular complexity index is 188. The molecule has 0 atom stereocenters. The third-order valence-electron chi connectivity index (χ3n) is 1.31. The van der Waals surface area contributed by atoms with Gasteiger partial charge < -0.3 is 4.90 Å². The molecular weight excluding hydrogens is 254 g/mol. The van der Waals surface area contributed by atoms with Gasteiger partial charge in [0.15, 0.2) is 0 Å². The zero-order valence-electron chi connectivity index (χ0n) is 7.80. The van der Waals surface area contributed by atoms with Gasteiger partial charge in [0, 0.05) is 46.2 Å². The van der Waals surface area contributed by atoms with Crippen molar-refractivity contribution in [1.82, 2.24) is 4.90 Å². The van der Waals surface area contributed by atoms with Crippen LogP contribution < -0.4 is 0 Å². The van der Waals surface area contributed by atoms with Crippen molar-refractivity contribution in [3.05, 3.63) is 0 Å². The van der Waals surface area contributed by atoms with Gasteiger partial charge in [-0.25, -0.2) is 0 Å². The van der Waals surface area contributed by atoms with Gasteiger partial charge in [0.05, 0.1) is 0 Å². The summed E-state index contributed by atoms with van der Waals surface area (Å²) < 4.78 is 0. The SMILES string of the molecule is CN(CCSSC#N)CCSSC#N. The first-order valence-electron chi connectivity index (χ1n) is 3.85. The van der Waals surface area contributed by atoms with Crippen LogP contribution in [0, 0.1) is 21.3 Å². The summed E-state index contributed by atoms with van der Waals surface area (Å²) in [5, 5.41) is 20.6. The lowest BCUT2D eigenvalue weighted by Crippen LogP contribution is -2.23. The zero-order chi connectivity index (χ0) is 10.6. The molecule has 0 aromatic heterocycles. The van der Waals surface area contributed by atoms with Crippen molar-refractivity contribution in [2.75, 3.05) is 31.6 Å². The molecule has 0 aliphatic carbocycles. The third kappa shape index (κ3) is 10.4. The van der Waals surface area contributed by atoms with E-state index in [4.69, 9.17) is 10.5 Å². The van der Waals surface area contributed by atoms with Crippen LogP contribution in [0.5, 0.6) is 0 Å². The average Bonchev–Trinajstić information content (AvgIpc) is 2.19. The molecule has 0 rings (SSSR count). The van der Waals surface area contributed by atoms with Crippen LogP contribution in [0.3, 0.4) is 0 Å². The summed E-state index contributed by atoms with van der Waals surface area (Å²) in [6.45, 7) is 1.97. The van der Waals surface area contributed by atoms with Crippen molar-refractivity contribution in [1.29, 1.82) is 10.5 Å². The van der Waals surface area contributed by atoms with Gasteiger partial charge in [0.2, 0.25) is 0 Å². The van der Waals surface area contributed by atoms with E-state index in [1.165, 1.54) is 21.6 Å². The summed E-state index contributed by atoms with van der Waals surface area (Å²) in [5.41, 5.74) is 0. The maximum Gasteiger partial charge on any atom is 0.144 e. The average molecular weight is 265 g/mol. The number of hydrogen-bond acceptors (Lipinski definition) is 7. The standard InChI is InChI=1S/C7H11N3S4/c1-10(2-4-11-13-6-8)3-5-12-14-7-9/h2-5H2,1H3. The zero-order valence-corrected chi connectivity index (χ0v) is 11.1. The Morgan fingerprint density at radius 2 is 1.43 bits per heavy atom. The topological polar surface area (TPSA) is 50.8 Å². The van der Waals surface area contributed by atoms with E-state index in [1.807, 2.05) is 10.8 Å². The molecule has 0 fully saturated rings. The largest absolute Gasteiger partial charge is 0.305 e. The quantitative estimate of drug-likeness (QED) is 0.380. The second-order valence-corrected chi connectivity index (χ2v) is 6.70. The van der Waals surface area contributed by atoms with Gasteiger partial charge in [-0.05, 0) is 7.05 Å². The highest BCUT2D eigenvalue weighted by molar-refractivity contribution is 8.78. The van der Waals surface area contributed by atoms with Crippen molar-refractivity contribution in [3.63, 3.8) is 0 Å². The fourth-order valence-corrected chi connectivity index (χ4v) is 2.94. The van der Waals surface area contributed by atoms with Crippen LogP contribution in [0.1, 0.15) is 0 Å². The monoisotopic (exact) mass is 265 g/mol. The van der Waals surface area contributed by atoms with E-state index in [-0.39, 0.29) is 0 Å². The van der Waals surface area contributed by atoms with E-state index in [0.29, 0.717) is 0 Å². The fraction of sp³-hybridized carbons (Fsp3) is 0.714. The number of rotatable bonds is 8. The Hall–Kier alpha value is 0.340. The van der Waals surface area contributed by atoms with E-state index in [1.54, 1.807) is 21.6 Å². The molecular formula is C7H11N3S4. The second kappa shape index (κ2) is 11.4. The smallest absolute Gasteiger partial charge is 0.144 e. The minimum absolute atomic E-state index is 0.963. The van der Waals surface area contributed by atoms with E-state index in [9.17, 15) is 0 Å². The lowest BCUT2D eigenvalue weighted by atomic mass is 10.6. The number of thiocyanates is 2. The van der Waals surface area contributed by atoms with Crippen molar-refractivity contribution >= 4 is 43.2 Å². The van der Waals surface area contributed by atoms with Crippen LogP contribution in [0.25, 0.3) is 0 Å². The highest BCUT2D eigenvalue weighted by Gasteiger charge is 1.98. The molecule has 0 aromatic rings. The number of nitrogens with zero attached hydrogens (tertiary/aromatic N) is 3. The minimum Gasteiger partial charge on any atom is -0.305 e. The Kier molecular flexibility index (Phi) is 11.7. The van der Waals surface area contributed by atoms with Gasteiger partial charge in [-0.1, -0.05) is 21.6 Å². The normalized spacial score (nSPS) is 9.71. The molecule has 0 saturated heterocycles.